The van der Waals surface area contributed by atoms with E-state index in [2.05, 4.69) is 28.5 Å². The van der Waals surface area contributed by atoms with Crippen LogP contribution in [-0.4, -0.2) is 49.9 Å². The van der Waals surface area contributed by atoms with Crippen LogP contribution in [-0.2, 0) is 0 Å². The first kappa shape index (κ1) is 16.2. The molecule has 5 heteroatoms. The summed E-state index contributed by atoms with van der Waals surface area (Å²) < 4.78 is 0. The molecule has 1 heterocycles. The second kappa shape index (κ2) is 8.93. The SMILES string of the molecule is CCSc1cccc(NCCCN2CCNCC2)c1C#N. The third-order valence-corrected chi connectivity index (χ3v) is 4.55. The fraction of sp³-hybridized carbons (Fsp3) is 0.562. The first-order valence-electron chi connectivity index (χ1n) is 7.68. The fourth-order valence-electron chi connectivity index (χ4n) is 2.53. The van der Waals surface area contributed by atoms with Crippen molar-refractivity contribution < 1.29 is 0 Å². The second-order valence-electron chi connectivity index (χ2n) is 5.10. The maximum atomic E-state index is 9.37. The Morgan fingerprint density at radius 1 is 1.38 bits per heavy atom. The van der Waals surface area contributed by atoms with Crippen LogP contribution in [0, 0.1) is 11.3 Å². The molecule has 0 spiro atoms. The number of nitrogens with one attached hydrogen (secondary N) is 2. The molecule has 0 bridgehead atoms. The molecule has 21 heavy (non-hydrogen) atoms. The third-order valence-electron chi connectivity index (χ3n) is 3.61. The first-order chi connectivity index (χ1) is 10.3. The van der Waals surface area contributed by atoms with Gasteiger partial charge in [-0.05, 0) is 30.9 Å². The molecule has 0 unspecified atom stereocenters. The number of anilines is 1. The van der Waals surface area contributed by atoms with E-state index in [-0.39, 0.29) is 0 Å². The Kier molecular flexibility index (Phi) is 6.87. The van der Waals surface area contributed by atoms with Crippen LogP contribution in [0.5, 0.6) is 0 Å². The molecule has 0 amide bonds. The van der Waals surface area contributed by atoms with E-state index in [9.17, 15) is 5.26 Å². The monoisotopic (exact) mass is 304 g/mol. The summed E-state index contributed by atoms with van der Waals surface area (Å²) in [5.41, 5.74) is 1.75. The summed E-state index contributed by atoms with van der Waals surface area (Å²) in [6, 6.07) is 8.39. The number of hydrogen-bond donors (Lipinski definition) is 2. The molecule has 0 saturated carbocycles. The molecule has 4 nitrogen and oxygen atoms in total. The van der Waals surface area contributed by atoms with Crippen molar-refractivity contribution in [2.24, 2.45) is 0 Å². The predicted octanol–water partition coefficient (Wildman–Crippen LogP) is 2.38. The number of nitrogens with zero attached hydrogens (tertiary/aromatic N) is 2. The van der Waals surface area contributed by atoms with E-state index in [0.717, 1.165) is 67.6 Å². The fourth-order valence-corrected chi connectivity index (χ4v) is 3.32. The van der Waals surface area contributed by atoms with Gasteiger partial charge in [-0.25, -0.2) is 0 Å². The molecular formula is C16H24N4S. The van der Waals surface area contributed by atoms with Gasteiger partial charge in [0.05, 0.1) is 11.3 Å². The van der Waals surface area contributed by atoms with E-state index in [1.165, 1.54) is 0 Å². The van der Waals surface area contributed by atoms with Crippen molar-refractivity contribution in [2.45, 2.75) is 18.2 Å². The molecule has 114 valence electrons. The largest absolute Gasteiger partial charge is 0.384 e. The highest BCUT2D eigenvalue weighted by molar-refractivity contribution is 7.99. The van der Waals surface area contributed by atoms with E-state index in [0.29, 0.717) is 0 Å². The molecular weight excluding hydrogens is 280 g/mol. The van der Waals surface area contributed by atoms with Crippen LogP contribution in [0.2, 0.25) is 0 Å². The Balaban J connectivity index is 1.82. The number of hydrogen-bond acceptors (Lipinski definition) is 5. The zero-order chi connectivity index (χ0) is 14.9. The van der Waals surface area contributed by atoms with Crippen molar-refractivity contribution in [3.63, 3.8) is 0 Å². The summed E-state index contributed by atoms with van der Waals surface area (Å²) >= 11 is 1.72. The van der Waals surface area contributed by atoms with Gasteiger partial charge in [0, 0.05) is 37.6 Å². The average molecular weight is 304 g/mol. The summed E-state index contributed by atoms with van der Waals surface area (Å²) in [6.45, 7) is 8.64. The van der Waals surface area contributed by atoms with E-state index < -0.39 is 0 Å². The highest BCUT2D eigenvalue weighted by Gasteiger charge is 2.10. The molecule has 1 fully saturated rings. The predicted molar refractivity (Wildman–Crippen MR) is 90.0 cm³/mol. The molecule has 1 aliphatic rings. The Morgan fingerprint density at radius 3 is 2.90 bits per heavy atom. The van der Waals surface area contributed by atoms with Crippen LogP contribution in [0.15, 0.2) is 23.1 Å². The molecule has 0 aliphatic carbocycles. The summed E-state index contributed by atoms with van der Waals surface area (Å²) in [7, 11) is 0. The lowest BCUT2D eigenvalue weighted by Crippen LogP contribution is -2.44. The van der Waals surface area contributed by atoms with E-state index in [1.54, 1.807) is 11.8 Å². The highest BCUT2D eigenvalue weighted by atomic mass is 32.2. The lowest BCUT2D eigenvalue weighted by atomic mass is 10.2. The van der Waals surface area contributed by atoms with Crippen molar-refractivity contribution in [1.82, 2.24) is 10.2 Å². The molecule has 2 N–H and O–H groups in total. The molecule has 0 radical (unpaired) electrons. The van der Waals surface area contributed by atoms with Gasteiger partial charge in [-0.1, -0.05) is 13.0 Å². The Labute approximate surface area is 131 Å². The zero-order valence-corrected chi connectivity index (χ0v) is 13.5. The average Bonchev–Trinajstić information content (AvgIpc) is 2.53. The highest BCUT2D eigenvalue weighted by Crippen LogP contribution is 2.27. The summed E-state index contributed by atoms with van der Waals surface area (Å²) in [5.74, 6) is 0.987. The molecule has 1 aliphatic heterocycles. The lowest BCUT2D eigenvalue weighted by molar-refractivity contribution is 0.240. The van der Waals surface area contributed by atoms with Crippen molar-refractivity contribution >= 4 is 17.4 Å². The van der Waals surface area contributed by atoms with Crippen LogP contribution in [0.3, 0.4) is 0 Å². The summed E-state index contributed by atoms with van der Waals surface area (Å²) in [6.07, 6.45) is 1.11. The van der Waals surface area contributed by atoms with E-state index >= 15 is 0 Å². The number of rotatable bonds is 7. The van der Waals surface area contributed by atoms with Gasteiger partial charge >= 0.3 is 0 Å². The number of piperazine rings is 1. The second-order valence-corrected chi connectivity index (χ2v) is 6.40. The quantitative estimate of drug-likeness (QED) is 0.598. The normalized spacial score (nSPS) is 15.6. The van der Waals surface area contributed by atoms with Gasteiger partial charge in [-0.2, -0.15) is 5.26 Å². The molecule has 1 saturated heterocycles. The minimum Gasteiger partial charge on any atom is -0.384 e. The molecule has 0 aromatic heterocycles. The van der Waals surface area contributed by atoms with Gasteiger partial charge in [-0.15, -0.1) is 11.8 Å². The van der Waals surface area contributed by atoms with Crippen LogP contribution >= 0.6 is 11.8 Å². The van der Waals surface area contributed by atoms with Gasteiger partial charge in [0.2, 0.25) is 0 Å². The smallest absolute Gasteiger partial charge is 0.102 e. The molecule has 2 rings (SSSR count). The Morgan fingerprint density at radius 2 is 2.19 bits per heavy atom. The van der Waals surface area contributed by atoms with Gasteiger partial charge in [-0.3, -0.25) is 0 Å². The van der Waals surface area contributed by atoms with E-state index in [1.807, 2.05) is 18.2 Å². The van der Waals surface area contributed by atoms with Crippen LogP contribution < -0.4 is 10.6 Å². The zero-order valence-electron chi connectivity index (χ0n) is 12.7. The van der Waals surface area contributed by atoms with Crippen molar-refractivity contribution in [2.75, 3.05) is 50.3 Å². The number of nitriles is 1. The van der Waals surface area contributed by atoms with Crippen LogP contribution in [0.25, 0.3) is 0 Å². The topological polar surface area (TPSA) is 51.1 Å². The Hall–Kier alpha value is -1.22. The van der Waals surface area contributed by atoms with Crippen molar-refractivity contribution in [1.29, 1.82) is 5.26 Å². The van der Waals surface area contributed by atoms with Gasteiger partial charge in [0.15, 0.2) is 0 Å². The standard InChI is InChI=1S/C16H24N4S/c1-2-21-16-6-3-5-15(14(16)13-17)19-7-4-10-20-11-8-18-9-12-20/h3,5-6,18-19H,2,4,7-12H2,1H3. The minimum atomic E-state index is 0.784. The molecule has 0 atom stereocenters. The Bertz CT molecular complexity index is 478. The lowest BCUT2D eigenvalue weighted by Gasteiger charge is -2.27. The summed E-state index contributed by atoms with van der Waals surface area (Å²) in [5, 5.41) is 16.2. The van der Waals surface area contributed by atoms with Gasteiger partial charge in [0.1, 0.15) is 6.07 Å². The van der Waals surface area contributed by atoms with E-state index in [4.69, 9.17) is 0 Å². The summed E-state index contributed by atoms with van der Waals surface area (Å²) in [4.78, 5) is 3.57. The maximum absolute atomic E-state index is 9.37. The molecule has 1 aromatic rings. The van der Waals surface area contributed by atoms with Crippen molar-refractivity contribution in [3.8, 4) is 6.07 Å². The molecule has 1 aromatic carbocycles. The van der Waals surface area contributed by atoms with Crippen LogP contribution in [0.1, 0.15) is 18.9 Å². The third kappa shape index (κ3) is 4.92. The number of thioether (sulfide) groups is 1. The minimum absolute atomic E-state index is 0.784. The maximum Gasteiger partial charge on any atom is 0.102 e. The van der Waals surface area contributed by atoms with Gasteiger partial charge in [0.25, 0.3) is 0 Å². The number of benzene rings is 1. The first-order valence-corrected chi connectivity index (χ1v) is 8.66. The van der Waals surface area contributed by atoms with Crippen molar-refractivity contribution in [3.05, 3.63) is 23.8 Å². The van der Waals surface area contributed by atoms with Crippen LogP contribution in [0.4, 0.5) is 5.69 Å². The van der Waals surface area contributed by atoms with Gasteiger partial charge < -0.3 is 15.5 Å².